The highest BCUT2D eigenvalue weighted by Crippen LogP contribution is 2.32. The van der Waals surface area contributed by atoms with Crippen LogP contribution in [-0.2, 0) is 11.2 Å². The minimum atomic E-state index is -0.367. The van der Waals surface area contributed by atoms with Gasteiger partial charge in [0.2, 0.25) is 0 Å². The summed E-state index contributed by atoms with van der Waals surface area (Å²) in [7, 11) is 0. The summed E-state index contributed by atoms with van der Waals surface area (Å²) < 4.78 is 33.3. The monoisotopic (exact) mass is 338 g/mol. The van der Waals surface area contributed by atoms with Crippen molar-refractivity contribution in [2.24, 2.45) is 0 Å². The molecular formula is C19H28F2N2O. The summed E-state index contributed by atoms with van der Waals surface area (Å²) in [6, 6.07) is 3.70. The molecule has 0 unspecified atom stereocenters. The number of likely N-dealkylation sites (N-methyl/N-ethyl adjacent to an activating group) is 1. The van der Waals surface area contributed by atoms with Gasteiger partial charge in [-0.2, -0.15) is 0 Å². The molecule has 1 aromatic rings. The number of morpholine rings is 1. The predicted octanol–water partition coefficient (Wildman–Crippen LogP) is 3.08. The molecule has 2 saturated heterocycles. The molecule has 0 aromatic heterocycles. The first-order chi connectivity index (χ1) is 11.5. The zero-order valence-corrected chi connectivity index (χ0v) is 14.7. The molecule has 0 aliphatic carbocycles. The molecule has 2 fully saturated rings. The van der Waals surface area contributed by atoms with E-state index >= 15 is 0 Å². The van der Waals surface area contributed by atoms with Gasteiger partial charge in [-0.15, -0.1) is 0 Å². The SMILES string of the molecule is CCN1C[C@@H](C)OC2(CCN(CCc3cc(F)ccc3F)CC2)C1. The molecule has 3 nitrogen and oxygen atoms in total. The number of likely N-dealkylation sites (tertiary alicyclic amines) is 1. The number of hydrogen-bond donors (Lipinski definition) is 0. The van der Waals surface area contributed by atoms with Gasteiger partial charge in [0.25, 0.3) is 0 Å². The van der Waals surface area contributed by atoms with Gasteiger partial charge in [0.1, 0.15) is 11.6 Å². The summed E-state index contributed by atoms with van der Waals surface area (Å²) in [5.74, 6) is -0.679. The summed E-state index contributed by atoms with van der Waals surface area (Å²) in [6.07, 6.45) is 2.86. The Labute approximate surface area is 143 Å². The number of nitrogens with zero attached hydrogens (tertiary/aromatic N) is 2. The Hall–Kier alpha value is -1.04. The quantitative estimate of drug-likeness (QED) is 0.839. The van der Waals surface area contributed by atoms with Crippen LogP contribution < -0.4 is 0 Å². The second kappa shape index (κ2) is 7.46. The molecule has 3 rings (SSSR count). The molecular weight excluding hydrogens is 310 g/mol. The van der Waals surface area contributed by atoms with Gasteiger partial charge in [-0.1, -0.05) is 6.92 Å². The lowest BCUT2D eigenvalue weighted by Gasteiger charge is -2.49. The summed E-state index contributed by atoms with van der Waals surface area (Å²) in [4.78, 5) is 4.82. The molecule has 0 radical (unpaired) electrons. The van der Waals surface area contributed by atoms with E-state index in [4.69, 9.17) is 4.74 Å². The van der Waals surface area contributed by atoms with Crippen molar-refractivity contribution in [2.75, 3.05) is 39.3 Å². The van der Waals surface area contributed by atoms with E-state index in [2.05, 4.69) is 23.6 Å². The number of benzene rings is 1. The molecule has 1 spiro atoms. The zero-order chi connectivity index (χ0) is 17.2. The molecule has 0 N–H and O–H groups in total. The molecule has 0 bridgehead atoms. The van der Waals surface area contributed by atoms with Gasteiger partial charge in [0, 0.05) is 32.7 Å². The maximum Gasteiger partial charge on any atom is 0.126 e. The van der Waals surface area contributed by atoms with Crippen molar-refractivity contribution in [3.63, 3.8) is 0 Å². The van der Waals surface area contributed by atoms with Crippen LogP contribution in [0, 0.1) is 11.6 Å². The van der Waals surface area contributed by atoms with Crippen LogP contribution >= 0.6 is 0 Å². The summed E-state index contributed by atoms with van der Waals surface area (Å²) >= 11 is 0. The highest BCUT2D eigenvalue weighted by atomic mass is 19.1. The third kappa shape index (κ3) is 4.13. The van der Waals surface area contributed by atoms with E-state index in [-0.39, 0.29) is 23.3 Å². The Morgan fingerprint density at radius 1 is 1.21 bits per heavy atom. The van der Waals surface area contributed by atoms with Gasteiger partial charge < -0.3 is 9.64 Å². The van der Waals surface area contributed by atoms with Crippen molar-refractivity contribution in [2.45, 2.75) is 44.8 Å². The van der Waals surface area contributed by atoms with Crippen LogP contribution in [0.1, 0.15) is 32.3 Å². The Morgan fingerprint density at radius 2 is 1.96 bits per heavy atom. The lowest BCUT2D eigenvalue weighted by atomic mass is 9.88. The molecule has 1 aromatic carbocycles. The van der Waals surface area contributed by atoms with Crippen LogP contribution in [0.3, 0.4) is 0 Å². The molecule has 2 heterocycles. The fourth-order valence-electron chi connectivity index (χ4n) is 4.05. The molecule has 1 atom stereocenters. The predicted molar refractivity (Wildman–Crippen MR) is 91.1 cm³/mol. The van der Waals surface area contributed by atoms with Gasteiger partial charge in [0.05, 0.1) is 11.7 Å². The van der Waals surface area contributed by atoms with Crippen molar-refractivity contribution in [3.05, 3.63) is 35.4 Å². The highest BCUT2D eigenvalue weighted by molar-refractivity contribution is 5.19. The number of ether oxygens (including phenoxy) is 1. The standard InChI is InChI=1S/C19H28F2N2O/c1-3-22-13-15(2)24-19(14-22)7-10-23(11-8-19)9-6-16-12-17(20)4-5-18(16)21/h4-5,12,15H,3,6-11,13-14H2,1-2H3/t15-/m1/s1. The maximum atomic E-state index is 13.7. The Morgan fingerprint density at radius 3 is 2.67 bits per heavy atom. The minimum Gasteiger partial charge on any atom is -0.369 e. The van der Waals surface area contributed by atoms with Crippen LogP contribution in [-0.4, -0.2) is 60.8 Å². The zero-order valence-electron chi connectivity index (χ0n) is 14.7. The lowest BCUT2D eigenvalue weighted by Crippen LogP contribution is -2.59. The van der Waals surface area contributed by atoms with E-state index < -0.39 is 0 Å². The van der Waals surface area contributed by atoms with E-state index in [0.29, 0.717) is 12.0 Å². The third-order valence-electron chi connectivity index (χ3n) is 5.40. The molecule has 2 aliphatic rings. The van der Waals surface area contributed by atoms with Gasteiger partial charge in [0.15, 0.2) is 0 Å². The summed E-state index contributed by atoms with van der Waals surface area (Å²) in [6.45, 7) is 10.1. The smallest absolute Gasteiger partial charge is 0.126 e. The number of hydrogen-bond acceptors (Lipinski definition) is 3. The van der Waals surface area contributed by atoms with Crippen molar-refractivity contribution >= 4 is 0 Å². The Bertz CT molecular complexity index is 558. The fraction of sp³-hybridized carbons (Fsp3) is 0.684. The fourth-order valence-corrected chi connectivity index (χ4v) is 4.05. The van der Waals surface area contributed by atoms with Crippen LogP contribution in [0.4, 0.5) is 8.78 Å². The molecule has 0 amide bonds. The van der Waals surface area contributed by atoms with Gasteiger partial charge in [-0.3, -0.25) is 4.90 Å². The normalized spacial score (nSPS) is 25.2. The van der Waals surface area contributed by atoms with Crippen LogP contribution in [0.15, 0.2) is 18.2 Å². The van der Waals surface area contributed by atoms with Crippen molar-refractivity contribution < 1.29 is 13.5 Å². The van der Waals surface area contributed by atoms with Crippen LogP contribution in [0.5, 0.6) is 0 Å². The second-order valence-electron chi connectivity index (χ2n) is 7.27. The van der Waals surface area contributed by atoms with E-state index in [1.807, 2.05) is 0 Å². The van der Waals surface area contributed by atoms with E-state index in [1.54, 1.807) is 0 Å². The van der Waals surface area contributed by atoms with Crippen molar-refractivity contribution in [1.29, 1.82) is 0 Å². The number of rotatable bonds is 4. The van der Waals surface area contributed by atoms with Crippen molar-refractivity contribution in [3.8, 4) is 0 Å². The van der Waals surface area contributed by atoms with Crippen LogP contribution in [0.2, 0.25) is 0 Å². The van der Waals surface area contributed by atoms with Crippen LogP contribution in [0.25, 0.3) is 0 Å². The van der Waals surface area contributed by atoms with E-state index in [1.165, 1.54) is 18.2 Å². The largest absolute Gasteiger partial charge is 0.369 e. The third-order valence-corrected chi connectivity index (χ3v) is 5.40. The molecule has 24 heavy (non-hydrogen) atoms. The van der Waals surface area contributed by atoms with E-state index in [9.17, 15) is 8.78 Å². The molecule has 5 heteroatoms. The maximum absolute atomic E-state index is 13.7. The van der Waals surface area contributed by atoms with Gasteiger partial charge in [-0.05, 0) is 56.5 Å². The highest BCUT2D eigenvalue weighted by Gasteiger charge is 2.41. The first-order valence-electron chi connectivity index (χ1n) is 9.06. The molecule has 2 aliphatic heterocycles. The summed E-state index contributed by atoms with van der Waals surface area (Å²) in [5, 5.41) is 0. The first-order valence-corrected chi connectivity index (χ1v) is 9.06. The minimum absolute atomic E-state index is 0.0196. The first kappa shape index (κ1) is 17.8. The number of halogens is 2. The molecule has 134 valence electrons. The second-order valence-corrected chi connectivity index (χ2v) is 7.27. The lowest BCUT2D eigenvalue weighted by molar-refractivity contribution is -0.169. The van der Waals surface area contributed by atoms with Gasteiger partial charge in [-0.25, -0.2) is 8.78 Å². The molecule has 0 saturated carbocycles. The average Bonchev–Trinajstić information content (AvgIpc) is 2.56. The average molecular weight is 338 g/mol. The topological polar surface area (TPSA) is 15.7 Å². The summed E-state index contributed by atoms with van der Waals surface area (Å²) in [5.41, 5.74) is 0.448. The Balaban J connectivity index is 1.52. The Kier molecular flexibility index (Phi) is 5.52. The number of piperidine rings is 1. The van der Waals surface area contributed by atoms with E-state index in [0.717, 1.165) is 52.1 Å². The van der Waals surface area contributed by atoms with Gasteiger partial charge >= 0.3 is 0 Å². The van der Waals surface area contributed by atoms with Crippen molar-refractivity contribution in [1.82, 2.24) is 9.80 Å².